The van der Waals surface area contributed by atoms with Gasteiger partial charge in [0, 0.05) is 0 Å². The van der Waals surface area contributed by atoms with Crippen LogP contribution in [0.1, 0.15) is 53.4 Å². The third-order valence-electron chi connectivity index (χ3n) is 6.11. The summed E-state index contributed by atoms with van der Waals surface area (Å²) in [5, 5.41) is 10.6. The number of hydrogen-bond acceptors (Lipinski definition) is 2. The summed E-state index contributed by atoms with van der Waals surface area (Å²) < 4.78 is 6.17. The third-order valence-corrected chi connectivity index (χ3v) is 6.11. The van der Waals surface area contributed by atoms with Crippen LogP contribution in [0.4, 0.5) is 0 Å². The lowest BCUT2D eigenvalue weighted by atomic mass is 9.63. The van der Waals surface area contributed by atoms with Gasteiger partial charge in [-0.2, -0.15) is 0 Å². The second kappa shape index (κ2) is 5.55. The molecule has 1 saturated heterocycles. The highest BCUT2D eigenvalue weighted by Gasteiger charge is 2.43. The van der Waals surface area contributed by atoms with Crippen LogP contribution in [-0.2, 0) is 4.74 Å². The summed E-state index contributed by atoms with van der Waals surface area (Å²) >= 11 is 0. The van der Waals surface area contributed by atoms with E-state index >= 15 is 0 Å². The first-order valence-electron chi connectivity index (χ1n) is 8.62. The summed E-state index contributed by atoms with van der Waals surface area (Å²) in [4.78, 5) is 0. The van der Waals surface area contributed by atoms with Crippen LogP contribution in [0.15, 0.2) is 23.8 Å². The zero-order chi connectivity index (χ0) is 15.2. The van der Waals surface area contributed by atoms with Crippen LogP contribution in [0, 0.1) is 23.7 Å². The van der Waals surface area contributed by atoms with E-state index in [2.05, 4.69) is 32.9 Å². The predicted molar refractivity (Wildman–Crippen MR) is 86.0 cm³/mol. The molecule has 5 unspecified atom stereocenters. The fourth-order valence-electron chi connectivity index (χ4n) is 4.68. The van der Waals surface area contributed by atoms with E-state index in [9.17, 15) is 5.11 Å². The van der Waals surface area contributed by atoms with Crippen LogP contribution >= 0.6 is 0 Å². The fourth-order valence-corrected chi connectivity index (χ4v) is 4.68. The summed E-state index contributed by atoms with van der Waals surface area (Å²) in [6.45, 7) is 8.90. The Morgan fingerprint density at radius 2 is 2.10 bits per heavy atom. The van der Waals surface area contributed by atoms with Crippen LogP contribution < -0.4 is 0 Å². The van der Waals surface area contributed by atoms with Gasteiger partial charge in [-0.1, -0.05) is 37.6 Å². The maximum absolute atomic E-state index is 10.6. The van der Waals surface area contributed by atoms with E-state index in [-0.39, 0.29) is 12.2 Å². The number of rotatable bonds is 1. The van der Waals surface area contributed by atoms with Crippen molar-refractivity contribution < 1.29 is 9.84 Å². The van der Waals surface area contributed by atoms with Crippen molar-refractivity contribution >= 4 is 0 Å². The van der Waals surface area contributed by atoms with Gasteiger partial charge in [0.25, 0.3) is 0 Å². The largest absolute Gasteiger partial charge is 0.383 e. The average Bonchev–Trinajstić information content (AvgIpc) is 2.38. The summed E-state index contributed by atoms with van der Waals surface area (Å²) in [5.74, 6) is 2.85. The summed E-state index contributed by atoms with van der Waals surface area (Å²) in [7, 11) is 0. The van der Waals surface area contributed by atoms with Crippen LogP contribution in [0.25, 0.3) is 0 Å². The monoisotopic (exact) mass is 290 g/mol. The van der Waals surface area contributed by atoms with Crippen molar-refractivity contribution in [2.24, 2.45) is 23.7 Å². The number of aliphatic hydroxyl groups is 1. The van der Waals surface area contributed by atoms with Crippen LogP contribution in [0.5, 0.6) is 0 Å². The Bertz CT molecular complexity index is 446. The Labute approximate surface area is 129 Å². The summed E-state index contributed by atoms with van der Waals surface area (Å²) in [6, 6.07) is 0. The van der Waals surface area contributed by atoms with Crippen molar-refractivity contribution in [3.63, 3.8) is 0 Å². The second-order valence-corrected chi connectivity index (χ2v) is 7.92. The van der Waals surface area contributed by atoms with Crippen molar-refractivity contribution in [2.45, 2.75) is 71.2 Å². The highest BCUT2D eigenvalue weighted by atomic mass is 16.5. The smallest absolute Gasteiger partial charge is 0.106 e. The molecule has 0 spiro atoms. The lowest BCUT2D eigenvalue weighted by Crippen LogP contribution is -2.49. The first kappa shape index (κ1) is 15.3. The highest BCUT2D eigenvalue weighted by molar-refractivity contribution is 5.17. The fraction of sp³-hybridized carbons (Fsp3) is 0.789. The number of hydrogen-bond donors (Lipinski definition) is 1. The van der Waals surface area contributed by atoms with E-state index in [4.69, 9.17) is 4.74 Å². The summed E-state index contributed by atoms with van der Waals surface area (Å²) in [6.07, 6.45) is 11.2. The van der Waals surface area contributed by atoms with E-state index in [1.165, 1.54) is 18.4 Å². The molecule has 0 amide bonds. The number of allylic oxidation sites excluding steroid dienone is 2. The molecule has 118 valence electrons. The number of ether oxygens (including phenoxy) is 1. The van der Waals surface area contributed by atoms with Gasteiger partial charge in [-0.25, -0.2) is 0 Å². The van der Waals surface area contributed by atoms with E-state index in [0.29, 0.717) is 5.92 Å². The Morgan fingerprint density at radius 3 is 2.81 bits per heavy atom. The van der Waals surface area contributed by atoms with Gasteiger partial charge in [0.15, 0.2) is 0 Å². The minimum Gasteiger partial charge on any atom is -0.383 e. The average molecular weight is 290 g/mol. The van der Waals surface area contributed by atoms with Crippen molar-refractivity contribution in [1.82, 2.24) is 0 Å². The van der Waals surface area contributed by atoms with E-state index < -0.39 is 5.60 Å². The molecule has 0 aromatic rings. The molecule has 1 aliphatic carbocycles. The second-order valence-electron chi connectivity index (χ2n) is 7.92. The minimum atomic E-state index is -0.816. The maximum atomic E-state index is 10.6. The van der Waals surface area contributed by atoms with Gasteiger partial charge in [-0.3, -0.25) is 0 Å². The van der Waals surface area contributed by atoms with Crippen molar-refractivity contribution in [1.29, 1.82) is 0 Å². The molecule has 2 heterocycles. The molecule has 21 heavy (non-hydrogen) atoms. The van der Waals surface area contributed by atoms with E-state index in [1.54, 1.807) is 0 Å². The van der Waals surface area contributed by atoms with Gasteiger partial charge < -0.3 is 9.84 Å². The van der Waals surface area contributed by atoms with Gasteiger partial charge in [0.05, 0.1) is 12.2 Å². The third kappa shape index (κ3) is 2.85. The molecule has 0 saturated carbocycles. The molecule has 2 aliphatic heterocycles. The van der Waals surface area contributed by atoms with E-state index in [1.807, 2.05) is 13.0 Å². The van der Waals surface area contributed by atoms with Gasteiger partial charge in [-0.15, -0.1) is 0 Å². The zero-order valence-corrected chi connectivity index (χ0v) is 13.9. The predicted octanol–water partition coefficient (Wildman–Crippen LogP) is 4.10. The van der Waals surface area contributed by atoms with Crippen LogP contribution in [-0.4, -0.2) is 22.9 Å². The van der Waals surface area contributed by atoms with Gasteiger partial charge in [0.1, 0.15) is 5.60 Å². The Balaban J connectivity index is 1.91. The van der Waals surface area contributed by atoms with E-state index in [0.717, 1.165) is 30.6 Å². The molecule has 2 bridgehead atoms. The van der Waals surface area contributed by atoms with Gasteiger partial charge >= 0.3 is 0 Å². The Hall–Kier alpha value is -0.600. The normalized spacial score (nSPS) is 46.6. The molecular formula is C19H30O2. The molecule has 0 radical (unpaired) electrons. The Morgan fingerprint density at radius 1 is 1.33 bits per heavy atom. The highest BCUT2D eigenvalue weighted by Crippen LogP contribution is 2.47. The molecule has 6 atom stereocenters. The first-order chi connectivity index (χ1) is 9.88. The topological polar surface area (TPSA) is 29.5 Å². The standard InChI is InChI=1S/C19H30O2/c1-12(2)15-7-5-13(3)17-11-18-19(4,20)10-9-14(21-18)6-8-16(15)17/h5,9-10,12,14-18,20H,6-8,11H2,1-4H3/t14?,15?,16?,17?,18?,19-/m0/s1. The maximum Gasteiger partial charge on any atom is 0.106 e. The van der Waals surface area contributed by atoms with Crippen molar-refractivity contribution in [3.05, 3.63) is 23.8 Å². The minimum absolute atomic E-state index is 0.0606. The first-order valence-corrected chi connectivity index (χ1v) is 8.62. The Kier molecular flexibility index (Phi) is 4.04. The quantitative estimate of drug-likeness (QED) is 0.737. The zero-order valence-electron chi connectivity index (χ0n) is 13.9. The van der Waals surface area contributed by atoms with Gasteiger partial charge in [-0.05, 0) is 63.2 Å². The van der Waals surface area contributed by atoms with Crippen molar-refractivity contribution in [2.75, 3.05) is 0 Å². The molecule has 0 aromatic heterocycles. The lowest BCUT2D eigenvalue weighted by molar-refractivity contribution is -0.126. The van der Waals surface area contributed by atoms with Crippen LogP contribution in [0.2, 0.25) is 0 Å². The van der Waals surface area contributed by atoms with Gasteiger partial charge in [0.2, 0.25) is 0 Å². The molecule has 1 fully saturated rings. The molecule has 3 aliphatic rings. The number of fused-ring (bicyclic) bond motifs is 3. The molecule has 2 heteroatoms. The SMILES string of the molecule is CC1=CCC(C(C)C)C2CCC3C=C[C@](C)(O)C(CC12)O3. The molecule has 0 aromatic carbocycles. The molecular weight excluding hydrogens is 260 g/mol. The molecule has 2 nitrogen and oxygen atoms in total. The lowest BCUT2D eigenvalue weighted by Gasteiger charge is -2.47. The van der Waals surface area contributed by atoms with Crippen molar-refractivity contribution in [3.8, 4) is 0 Å². The summed E-state index contributed by atoms with van der Waals surface area (Å²) in [5.41, 5.74) is 0.702. The molecule has 3 rings (SSSR count). The van der Waals surface area contributed by atoms with Crippen LogP contribution in [0.3, 0.4) is 0 Å². The molecule has 1 N–H and O–H groups in total.